The average Bonchev–Trinajstić information content (AvgIpc) is 2.67. The van der Waals surface area contributed by atoms with Crippen molar-refractivity contribution in [2.24, 2.45) is 5.10 Å². The van der Waals surface area contributed by atoms with Gasteiger partial charge in [0, 0.05) is 17.0 Å². The zero-order valence-electron chi connectivity index (χ0n) is 17.0. The van der Waals surface area contributed by atoms with Crippen molar-refractivity contribution >= 4 is 23.7 Å². The Labute approximate surface area is 171 Å². The molecule has 0 aromatic heterocycles. The Bertz CT molecular complexity index is 531. The molecule has 1 N–H and O–H groups in total. The third-order valence-corrected chi connectivity index (χ3v) is 5.15. The summed E-state index contributed by atoms with van der Waals surface area (Å²) in [5.41, 5.74) is 3.38. The molecule has 4 heteroatoms. The van der Waals surface area contributed by atoms with E-state index in [1.165, 1.54) is 70.6 Å². The summed E-state index contributed by atoms with van der Waals surface area (Å²) in [4.78, 5) is 11.8. The minimum absolute atomic E-state index is 0.0265. The summed E-state index contributed by atoms with van der Waals surface area (Å²) < 4.78 is 0. The van der Waals surface area contributed by atoms with Crippen molar-refractivity contribution in [1.29, 1.82) is 0 Å². The first-order chi connectivity index (χ1) is 13.2. The summed E-state index contributed by atoms with van der Waals surface area (Å²) in [6, 6.07) is 7.43. The lowest BCUT2D eigenvalue weighted by Crippen LogP contribution is -2.16. The number of nitrogens with one attached hydrogen (secondary N) is 1. The molecule has 0 heterocycles. The standard InChI is InChI=1S/C23H37ClN2O/c1-2-3-4-5-6-7-8-9-10-11-12-13-14-19-23(27)26-25-20-21-17-15-16-18-22(21)24/h15-18,20H,2-14,19H2,1H3,(H,26,27)/b25-20+. The fourth-order valence-corrected chi connectivity index (χ4v) is 3.30. The van der Waals surface area contributed by atoms with E-state index in [0.717, 1.165) is 18.4 Å². The maximum absolute atomic E-state index is 11.8. The number of nitrogens with zero attached hydrogens (tertiary/aromatic N) is 1. The van der Waals surface area contributed by atoms with Gasteiger partial charge < -0.3 is 0 Å². The van der Waals surface area contributed by atoms with Gasteiger partial charge in [-0.15, -0.1) is 0 Å². The van der Waals surface area contributed by atoms with Crippen LogP contribution in [0.15, 0.2) is 29.4 Å². The van der Waals surface area contributed by atoms with Gasteiger partial charge in [-0.3, -0.25) is 4.79 Å². The Balaban J connectivity index is 1.89. The molecular weight excluding hydrogens is 356 g/mol. The quantitative estimate of drug-likeness (QED) is 0.179. The average molecular weight is 393 g/mol. The number of carbonyl (C=O) groups is 1. The molecular formula is C23H37ClN2O. The van der Waals surface area contributed by atoms with Crippen molar-refractivity contribution < 1.29 is 4.79 Å². The van der Waals surface area contributed by atoms with Gasteiger partial charge in [0.2, 0.25) is 5.91 Å². The molecule has 1 aromatic carbocycles. The highest BCUT2D eigenvalue weighted by Crippen LogP contribution is 2.13. The lowest BCUT2D eigenvalue weighted by atomic mass is 10.0. The van der Waals surface area contributed by atoms with Crippen LogP contribution in [-0.4, -0.2) is 12.1 Å². The van der Waals surface area contributed by atoms with E-state index in [0.29, 0.717) is 11.4 Å². The van der Waals surface area contributed by atoms with Gasteiger partial charge in [-0.25, -0.2) is 5.43 Å². The molecule has 0 aliphatic carbocycles. The number of halogens is 1. The van der Waals surface area contributed by atoms with Gasteiger partial charge in [0.05, 0.1) is 6.21 Å². The van der Waals surface area contributed by atoms with Gasteiger partial charge in [-0.1, -0.05) is 114 Å². The van der Waals surface area contributed by atoms with Crippen molar-refractivity contribution in [2.45, 2.75) is 96.8 Å². The van der Waals surface area contributed by atoms with Gasteiger partial charge in [0.1, 0.15) is 0 Å². The Morgan fingerprint density at radius 3 is 1.96 bits per heavy atom. The van der Waals surface area contributed by atoms with Crippen LogP contribution < -0.4 is 5.43 Å². The molecule has 0 aliphatic heterocycles. The molecule has 0 spiro atoms. The number of hydrogen-bond donors (Lipinski definition) is 1. The topological polar surface area (TPSA) is 41.5 Å². The maximum Gasteiger partial charge on any atom is 0.240 e. The van der Waals surface area contributed by atoms with Crippen LogP contribution in [-0.2, 0) is 4.79 Å². The fourth-order valence-electron chi connectivity index (χ4n) is 3.11. The summed E-state index contributed by atoms with van der Waals surface area (Å²) in [7, 11) is 0. The van der Waals surface area contributed by atoms with E-state index in [-0.39, 0.29) is 5.91 Å². The molecule has 0 saturated heterocycles. The fraction of sp³-hybridized carbons (Fsp3) is 0.652. The Kier molecular flexibility index (Phi) is 14.7. The zero-order valence-corrected chi connectivity index (χ0v) is 17.8. The summed E-state index contributed by atoms with van der Waals surface area (Å²) in [6.07, 6.45) is 19.2. The van der Waals surface area contributed by atoms with Gasteiger partial charge >= 0.3 is 0 Å². The highest BCUT2D eigenvalue weighted by Gasteiger charge is 2.00. The van der Waals surface area contributed by atoms with Crippen LogP contribution in [0, 0.1) is 0 Å². The van der Waals surface area contributed by atoms with Crippen LogP contribution in [0.4, 0.5) is 0 Å². The van der Waals surface area contributed by atoms with Crippen molar-refractivity contribution in [2.75, 3.05) is 0 Å². The van der Waals surface area contributed by atoms with Crippen LogP contribution in [0.3, 0.4) is 0 Å². The first-order valence-corrected chi connectivity index (χ1v) is 11.2. The minimum Gasteiger partial charge on any atom is -0.273 e. The lowest BCUT2D eigenvalue weighted by Gasteiger charge is -2.03. The molecule has 152 valence electrons. The normalized spacial score (nSPS) is 11.2. The second-order valence-corrected chi connectivity index (χ2v) is 7.71. The van der Waals surface area contributed by atoms with Crippen molar-refractivity contribution in [3.63, 3.8) is 0 Å². The molecule has 0 bridgehead atoms. The highest BCUT2D eigenvalue weighted by molar-refractivity contribution is 6.33. The maximum atomic E-state index is 11.8. The molecule has 0 radical (unpaired) electrons. The number of rotatable bonds is 16. The largest absolute Gasteiger partial charge is 0.273 e. The number of hydrogen-bond acceptors (Lipinski definition) is 2. The molecule has 0 aliphatic rings. The van der Waals surface area contributed by atoms with E-state index >= 15 is 0 Å². The van der Waals surface area contributed by atoms with Crippen molar-refractivity contribution in [3.05, 3.63) is 34.9 Å². The number of carbonyl (C=O) groups excluding carboxylic acids is 1. The number of amides is 1. The molecule has 1 aromatic rings. The van der Waals surface area contributed by atoms with E-state index in [2.05, 4.69) is 17.5 Å². The Morgan fingerprint density at radius 2 is 1.41 bits per heavy atom. The summed E-state index contributed by atoms with van der Waals surface area (Å²) in [5, 5.41) is 4.61. The van der Waals surface area contributed by atoms with Crippen LogP contribution in [0.1, 0.15) is 102 Å². The van der Waals surface area contributed by atoms with Crippen LogP contribution in [0.25, 0.3) is 0 Å². The predicted molar refractivity (Wildman–Crippen MR) is 118 cm³/mol. The predicted octanol–water partition coefficient (Wildman–Crippen LogP) is 7.27. The van der Waals surface area contributed by atoms with Crippen LogP contribution >= 0.6 is 11.6 Å². The molecule has 0 fully saturated rings. The van der Waals surface area contributed by atoms with E-state index in [4.69, 9.17) is 11.6 Å². The molecule has 3 nitrogen and oxygen atoms in total. The Morgan fingerprint density at radius 1 is 0.889 bits per heavy atom. The van der Waals surface area contributed by atoms with Gasteiger partial charge in [-0.05, 0) is 12.5 Å². The minimum atomic E-state index is -0.0265. The smallest absolute Gasteiger partial charge is 0.240 e. The molecule has 0 unspecified atom stereocenters. The monoisotopic (exact) mass is 392 g/mol. The zero-order chi connectivity index (χ0) is 19.6. The van der Waals surface area contributed by atoms with Gasteiger partial charge in [0.15, 0.2) is 0 Å². The number of hydrazone groups is 1. The SMILES string of the molecule is CCCCCCCCCCCCCCCC(=O)N/N=C/c1ccccc1Cl. The summed E-state index contributed by atoms with van der Waals surface area (Å²) >= 11 is 6.03. The van der Waals surface area contributed by atoms with E-state index in [9.17, 15) is 4.79 Å². The van der Waals surface area contributed by atoms with Crippen molar-refractivity contribution in [3.8, 4) is 0 Å². The number of unbranched alkanes of at least 4 members (excludes halogenated alkanes) is 12. The van der Waals surface area contributed by atoms with Gasteiger partial charge in [-0.2, -0.15) is 5.10 Å². The third kappa shape index (κ3) is 13.5. The van der Waals surface area contributed by atoms with E-state index < -0.39 is 0 Å². The van der Waals surface area contributed by atoms with Gasteiger partial charge in [0.25, 0.3) is 0 Å². The molecule has 27 heavy (non-hydrogen) atoms. The molecule has 0 saturated carbocycles. The summed E-state index contributed by atoms with van der Waals surface area (Å²) in [5.74, 6) is -0.0265. The van der Waals surface area contributed by atoms with Crippen molar-refractivity contribution in [1.82, 2.24) is 5.43 Å². The van der Waals surface area contributed by atoms with E-state index in [1.807, 2.05) is 18.2 Å². The Hall–Kier alpha value is -1.35. The van der Waals surface area contributed by atoms with E-state index in [1.54, 1.807) is 12.3 Å². The van der Waals surface area contributed by atoms with Crippen LogP contribution in [0.2, 0.25) is 5.02 Å². The second-order valence-electron chi connectivity index (χ2n) is 7.31. The molecule has 1 amide bonds. The highest BCUT2D eigenvalue weighted by atomic mass is 35.5. The first-order valence-electron chi connectivity index (χ1n) is 10.8. The molecule has 0 atom stereocenters. The summed E-state index contributed by atoms with van der Waals surface area (Å²) in [6.45, 7) is 2.27. The third-order valence-electron chi connectivity index (χ3n) is 4.81. The molecule has 1 rings (SSSR count). The second kappa shape index (κ2) is 16.8. The van der Waals surface area contributed by atoms with Crippen LogP contribution in [0.5, 0.6) is 0 Å². The number of benzene rings is 1. The first kappa shape index (κ1) is 23.7. The lowest BCUT2D eigenvalue weighted by molar-refractivity contribution is -0.121.